The molecular formula is C18H19BrN2O3S. The number of benzene rings is 2. The summed E-state index contributed by atoms with van der Waals surface area (Å²) >= 11 is 3.29. The van der Waals surface area contributed by atoms with Crippen molar-refractivity contribution in [2.45, 2.75) is 30.3 Å². The zero-order valence-electron chi connectivity index (χ0n) is 13.8. The minimum Gasteiger partial charge on any atom is -0.349 e. The van der Waals surface area contributed by atoms with Gasteiger partial charge in [0.15, 0.2) is 0 Å². The Morgan fingerprint density at radius 2 is 1.88 bits per heavy atom. The molecule has 0 spiro atoms. The van der Waals surface area contributed by atoms with Gasteiger partial charge in [-0.15, -0.1) is 0 Å². The number of amides is 1. The van der Waals surface area contributed by atoms with Gasteiger partial charge in [0, 0.05) is 29.7 Å². The summed E-state index contributed by atoms with van der Waals surface area (Å²) in [7, 11) is -2.02. The number of nitrogens with one attached hydrogen (secondary N) is 1. The maximum Gasteiger partial charge on any atom is 0.251 e. The highest BCUT2D eigenvalue weighted by Crippen LogP contribution is 2.21. The van der Waals surface area contributed by atoms with Crippen molar-refractivity contribution in [3.63, 3.8) is 0 Å². The number of carbonyl (C=O) groups is 1. The van der Waals surface area contributed by atoms with E-state index in [1.165, 1.54) is 4.31 Å². The standard InChI is InChI=1S/C18H19BrN2O3S/c1-21(25(23,24)17-4-2-3-15(19)11-17)12-13-5-7-14(8-6-13)18(22)20-16-9-10-16/h2-8,11,16H,9-10,12H2,1H3,(H,20,22). The molecule has 1 aliphatic carbocycles. The summed E-state index contributed by atoms with van der Waals surface area (Å²) in [6, 6.07) is 14.0. The summed E-state index contributed by atoms with van der Waals surface area (Å²) < 4.78 is 27.3. The SMILES string of the molecule is CN(Cc1ccc(C(=O)NC2CC2)cc1)S(=O)(=O)c1cccc(Br)c1. The van der Waals surface area contributed by atoms with Crippen molar-refractivity contribution < 1.29 is 13.2 Å². The molecule has 1 fully saturated rings. The van der Waals surface area contributed by atoms with Gasteiger partial charge in [-0.25, -0.2) is 8.42 Å². The van der Waals surface area contributed by atoms with Gasteiger partial charge in [0.25, 0.3) is 5.91 Å². The maximum absolute atomic E-state index is 12.6. The number of sulfonamides is 1. The zero-order chi connectivity index (χ0) is 18.0. The number of nitrogens with zero attached hydrogens (tertiary/aromatic N) is 1. The number of hydrogen-bond acceptors (Lipinski definition) is 3. The summed E-state index contributed by atoms with van der Waals surface area (Å²) in [5.41, 5.74) is 1.41. The third kappa shape index (κ3) is 4.48. The van der Waals surface area contributed by atoms with Crippen LogP contribution in [-0.4, -0.2) is 31.7 Å². The molecular weight excluding hydrogens is 404 g/mol. The number of carbonyl (C=O) groups excluding carboxylic acids is 1. The summed E-state index contributed by atoms with van der Waals surface area (Å²) in [6.45, 7) is 0.235. The summed E-state index contributed by atoms with van der Waals surface area (Å²) in [4.78, 5) is 12.2. The number of halogens is 1. The second kappa shape index (κ2) is 7.27. The van der Waals surface area contributed by atoms with Crippen molar-refractivity contribution in [1.29, 1.82) is 0 Å². The van der Waals surface area contributed by atoms with Gasteiger partial charge in [-0.2, -0.15) is 4.31 Å². The smallest absolute Gasteiger partial charge is 0.251 e. The van der Waals surface area contributed by atoms with E-state index in [1.807, 2.05) is 0 Å². The topological polar surface area (TPSA) is 66.5 Å². The van der Waals surface area contributed by atoms with Gasteiger partial charge in [-0.05, 0) is 48.7 Å². The van der Waals surface area contributed by atoms with E-state index in [9.17, 15) is 13.2 Å². The normalized spacial score (nSPS) is 14.5. The van der Waals surface area contributed by atoms with Crippen LogP contribution in [0, 0.1) is 0 Å². The lowest BCUT2D eigenvalue weighted by Crippen LogP contribution is -2.27. The average Bonchev–Trinajstić information content (AvgIpc) is 3.39. The van der Waals surface area contributed by atoms with Crippen molar-refractivity contribution in [3.8, 4) is 0 Å². The Kier molecular flexibility index (Phi) is 5.27. The molecule has 0 atom stereocenters. The lowest BCUT2D eigenvalue weighted by Gasteiger charge is -2.17. The molecule has 1 aliphatic rings. The Morgan fingerprint density at radius 3 is 2.48 bits per heavy atom. The van der Waals surface area contributed by atoms with Crippen LogP contribution in [0.25, 0.3) is 0 Å². The average molecular weight is 423 g/mol. The molecule has 2 aromatic rings. The van der Waals surface area contributed by atoms with Crippen molar-refractivity contribution >= 4 is 31.9 Å². The van der Waals surface area contributed by atoms with Gasteiger partial charge in [0.1, 0.15) is 0 Å². The molecule has 0 radical (unpaired) electrons. The summed E-state index contributed by atoms with van der Waals surface area (Å²) in [5.74, 6) is -0.0795. The van der Waals surface area contributed by atoms with Gasteiger partial charge >= 0.3 is 0 Å². The van der Waals surface area contributed by atoms with E-state index >= 15 is 0 Å². The van der Waals surface area contributed by atoms with Crippen LogP contribution in [0.2, 0.25) is 0 Å². The minimum atomic E-state index is -3.57. The summed E-state index contributed by atoms with van der Waals surface area (Å²) in [5, 5.41) is 2.93. The maximum atomic E-state index is 12.6. The lowest BCUT2D eigenvalue weighted by molar-refractivity contribution is 0.0951. The quantitative estimate of drug-likeness (QED) is 0.777. The Bertz CT molecular complexity index is 877. The molecule has 0 unspecified atom stereocenters. The van der Waals surface area contributed by atoms with Crippen LogP contribution in [0.1, 0.15) is 28.8 Å². The first-order chi connectivity index (χ1) is 11.9. The number of hydrogen-bond donors (Lipinski definition) is 1. The van der Waals surface area contributed by atoms with Gasteiger partial charge in [0.05, 0.1) is 4.90 Å². The molecule has 0 aromatic heterocycles. The molecule has 0 saturated heterocycles. The van der Waals surface area contributed by atoms with E-state index in [-0.39, 0.29) is 17.3 Å². The van der Waals surface area contributed by atoms with Crippen LogP contribution < -0.4 is 5.32 Å². The fourth-order valence-electron chi connectivity index (χ4n) is 2.41. The van der Waals surface area contributed by atoms with E-state index < -0.39 is 10.0 Å². The summed E-state index contributed by atoms with van der Waals surface area (Å²) in [6.07, 6.45) is 2.09. The van der Waals surface area contributed by atoms with Crippen LogP contribution >= 0.6 is 15.9 Å². The molecule has 0 bridgehead atoms. The van der Waals surface area contributed by atoms with Crippen molar-refractivity contribution in [3.05, 3.63) is 64.1 Å². The molecule has 1 amide bonds. The molecule has 0 aliphatic heterocycles. The van der Waals surface area contributed by atoms with Crippen LogP contribution in [-0.2, 0) is 16.6 Å². The monoisotopic (exact) mass is 422 g/mol. The van der Waals surface area contributed by atoms with E-state index in [1.54, 1.807) is 55.6 Å². The van der Waals surface area contributed by atoms with Crippen molar-refractivity contribution in [2.75, 3.05) is 7.05 Å². The zero-order valence-corrected chi connectivity index (χ0v) is 16.2. The van der Waals surface area contributed by atoms with Gasteiger partial charge in [0.2, 0.25) is 10.0 Å². The van der Waals surface area contributed by atoms with Crippen molar-refractivity contribution in [2.24, 2.45) is 0 Å². The van der Waals surface area contributed by atoms with Crippen molar-refractivity contribution in [1.82, 2.24) is 9.62 Å². The Labute approximate surface area is 156 Å². The molecule has 1 saturated carbocycles. The molecule has 1 N–H and O–H groups in total. The largest absolute Gasteiger partial charge is 0.349 e. The second-order valence-electron chi connectivity index (χ2n) is 6.16. The molecule has 25 heavy (non-hydrogen) atoms. The van der Waals surface area contributed by atoms with E-state index in [4.69, 9.17) is 0 Å². The highest BCUT2D eigenvalue weighted by Gasteiger charge is 2.24. The van der Waals surface area contributed by atoms with E-state index in [0.29, 0.717) is 16.1 Å². The highest BCUT2D eigenvalue weighted by atomic mass is 79.9. The highest BCUT2D eigenvalue weighted by molar-refractivity contribution is 9.10. The second-order valence-corrected chi connectivity index (χ2v) is 9.12. The van der Waals surface area contributed by atoms with Gasteiger partial charge in [-0.1, -0.05) is 34.1 Å². The third-order valence-corrected chi connectivity index (χ3v) is 6.33. The Hall–Kier alpha value is -1.70. The molecule has 0 heterocycles. The number of rotatable bonds is 6. The van der Waals surface area contributed by atoms with Gasteiger partial charge < -0.3 is 5.32 Å². The Morgan fingerprint density at radius 1 is 1.20 bits per heavy atom. The fourth-order valence-corrected chi connectivity index (χ4v) is 4.16. The van der Waals surface area contributed by atoms with Crippen LogP contribution in [0.3, 0.4) is 0 Å². The first kappa shape index (κ1) is 18.1. The third-order valence-electron chi connectivity index (χ3n) is 4.04. The molecule has 5 nitrogen and oxygen atoms in total. The predicted molar refractivity (Wildman–Crippen MR) is 99.7 cm³/mol. The molecule has 132 valence electrons. The molecule has 3 rings (SSSR count). The predicted octanol–water partition coefficient (Wildman–Crippen LogP) is 3.16. The molecule has 7 heteroatoms. The Balaban J connectivity index is 1.69. The minimum absolute atomic E-state index is 0.0795. The van der Waals surface area contributed by atoms with Crippen LogP contribution in [0.4, 0.5) is 0 Å². The molecule has 2 aromatic carbocycles. The fraction of sp³-hybridized carbons (Fsp3) is 0.278. The first-order valence-electron chi connectivity index (χ1n) is 7.98. The van der Waals surface area contributed by atoms with E-state index in [0.717, 1.165) is 18.4 Å². The van der Waals surface area contributed by atoms with Crippen LogP contribution in [0.15, 0.2) is 57.9 Å². The lowest BCUT2D eigenvalue weighted by atomic mass is 10.1. The van der Waals surface area contributed by atoms with Gasteiger partial charge in [-0.3, -0.25) is 4.79 Å². The first-order valence-corrected chi connectivity index (χ1v) is 10.2. The van der Waals surface area contributed by atoms with E-state index in [2.05, 4.69) is 21.2 Å². The van der Waals surface area contributed by atoms with Crippen LogP contribution in [0.5, 0.6) is 0 Å².